The molecule has 0 amide bonds. The molecule has 1 aromatic heterocycles. The molecular formula is C11H16ClN4O14P3. The van der Waals surface area contributed by atoms with Crippen LogP contribution in [0.4, 0.5) is 0 Å². The molecular weight excluding hydrogens is 541 g/mol. The number of rotatable bonds is 8. The number of ether oxygens (including phenoxy) is 1. The minimum Gasteiger partial charge on any atom is -0.387 e. The van der Waals surface area contributed by atoms with Gasteiger partial charge in [-0.05, 0) is 18.5 Å². The Balaban J connectivity index is 2.32. The highest BCUT2D eigenvalue weighted by Crippen LogP contribution is 2.66. The third-order valence-electron chi connectivity index (χ3n) is 3.94. The molecule has 0 aromatic carbocycles. The minimum atomic E-state index is -5.80. The Morgan fingerprint density at radius 1 is 1.27 bits per heavy atom. The number of nitrogens with zero attached hydrogens (tertiary/aromatic N) is 2. The monoisotopic (exact) mass is 556 g/mol. The maximum Gasteiger partial charge on any atom is 0.490 e. The van der Waals surface area contributed by atoms with Crippen LogP contribution >= 0.6 is 35.1 Å². The van der Waals surface area contributed by atoms with Crippen LogP contribution in [0.2, 0.25) is 0 Å². The normalized spacial score (nSPS) is 30.0. The Morgan fingerprint density at radius 2 is 1.88 bits per heavy atom. The zero-order valence-electron chi connectivity index (χ0n) is 16.0. The standard InChI is InChI=1S/C11H16ClN4O14P3/c1-5(28-32(23,24)30-33(25,26)29-31(20,21)22)6-7(17)11(13,2-3-12)8(27-6)16-4-14-9(18)15-10(16)19/h4-8,17H,13H2,1H3,(H,23,24)(H,25,26)(H,15,18,19)(H2,20,21,22)/t5-,6+,7-,8+,11?/m0/s1. The number of halogens is 1. The van der Waals surface area contributed by atoms with E-state index in [1.54, 1.807) is 0 Å². The van der Waals surface area contributed by atoms with Gasteiger partial charge in [-0.1, -0.05) is 5.92 Å². The number of aliphatic hydroxyl groups is 1. The van der Waals surface area contributed by atoms with E-state index in [0.717, 1.165) is 6.92 Å². The molecule has 7 atom stereocenters. The van der Waals surface area contributed by atoms with E-state index >= 15 is 0 Å². The van der Waals surface area contributed by atoms with E-state index in [2.05, 4.69) is 24.0 Å². The number of aromatic amines is 1. The number of phosphoric ester groups is 1. The minimum absolute atomic E-state index is 0.628. The second-order valence-electron chi connectivity index (χ2n) is 6.34. The molecule has 1 saturated heterocycles. The number of phosphoric acid groups is 3. The van der Waals surface area contributed by atoms with Crippen molar-refractivity contribution in [2.24, 2.45) is 5.73 Å². The van der Waals surface area contributed by atoms with Gasteiger partial charge in [-0.25, -0.2) is 23.3 Å². The fourth-order valence-electron chi connectivity index (χ4n) is 2.73. The molecule has 2 rings (SSSR count). The summed E-state index contributed by atoms with van der Waals surface area (Å²) in [5.41, 5.74) is 1.76. The fraction of sp³-hybridized carbons (Fsp3) is 0.545. The molecule has 186 valence electrons. The van der Waals surface area contributed by atoms with Gasteiger partial charge in [0.25, 0.3) is 0 Å². The van der Waals surface area contributed by atoms with Gasteiger partial charge in [-0.2, -0.15) is 13.6 Å². The van der Waals surface area contributed by atoms with Gasteiger partial charge in [-0.3, -0.25) is 14.1 Å². The fourth-order valence-corrected chi connectivity index (χ4v) is 6.09. The lowest BCUT2D eigenvalue weighted by atomic mass is 9.90. The van der Waals surface area contributed by atoms with Gasteiger partial charge in [0.15, 0.2) is 11.8 Å². The Kier molecular flexibility index (Phi) is 8.30. The van der Waals surface area contributed by atoms with E-state index < -0.39 is 64.9 Å². The lowest BCUT2D eigenvalue weighted by molar-refractivity contribution is -0.0758. The first kappa shape index (κ1) is 28.0. The molecule has 1 aliphatic heterocycles. The quantitative estimate of drug-likeness (QED) is 0.132. The van der Waals surface area contributed by atoms with Crippen LogP contribution in [0.1, 0.15) is 13.2 Å². The summed E-state index contributed by atoms with van der Waals surface area (Å²) in [5, 5.41) is 12.5. The van der Waals surface area contributed by atoms with Crippen LogP contribution in [-0.4, -0.2) is 63.1 Å². The molecule has 1 fully saturated rings. The van der Waals surface area contributed by atoms with Gasteiger partial charge in [0.1, 0.15) is 18.5 Å². The maximum atomic E-state index is 12.1. The van der Waals surface area contributed by atoms with Crippen LogP contribution in [0.5, 0.6) is 0 Å². The number of aromatic nitrogens is 3. The second-order valence-corrected chi connectivity index (χ2v) is 10.9. The lowest BCUT2D eigenvalue weighted by Gasteiger charge is -2.28. The molecule has 33 heavy (non-hydrogen) atoms. The van der Waals surface area contributed by atoms with Gasteiger partial charge < -0.3 is 35.2 Å². The van der Waals surface area contributed by atoms with Gasteiger partial charge in [-0.15, -0.1) is 0 Å². The molecule has 18 nitrogen and oxygen atoms in total. The molecule has 1 aromatic rings. The van der Waals surface area contributed by atoms with Crippen molar-refractivity contribution in [3.63, 3.8) is 0 Å². The summed E-state index contributed by atoms with van der Waals surface area (Å²) >= 11 is 5.37. The third kappa shape index (κ3) is 6.89. The number of hydrogen-bond donors (Lipinski definition) is 7. The highest BCUT2D eigenvalue weighted by molar-refractivity contribution is 7.66. The van der Waals surface area contributed by atoms with Crippen LogP contribution in [0.3, 0.4) is 0 Å². The largest absolute Gasteiger partial charge is 0.490 e. The summed E-state index contributed by atoms with van der Waals surface area (Å²) in [6.07, 6.45) is -6.29. The topological polar surface area (TPSA) is 283 Å². The molecule has 1 aliphatic rings. The molecule has 22 heteroatoms. The van der Waals surface area contributed by atoms with Crippen molar-refractivity contribution in [3.8, 4) is 11.3 Å². The SMILES string of the molecule is C[C@H](OP(=O)(O)OP(=O)(O)OP(=O)(O)O)[C@H]1O[C@@H](n2cnc(=O)[nH]c2=O)C(N)(C#CCl)[C@H]1O. The number of aliphatic hydroxyl groups excluding tert-OH is 1. The Hall–Kier alpha value is -1.25. The van der Waals surface area contributed by atoms with Crippen molar-refractivity contribution in [1.29, 1.82) is 0 Å². The van der Waals surface area contributed by atoms with E-state index in [1.165, 1.54) is 0 Å². The van der Waals surface area contributed by atoms with Crippen molar-refractivity contribution in [1.82, 2.24) is 14.5 Å². The predicted octanol–water partition coefficient (Wildman–Crippen LogP) is -2.18. The van der Waals surface area contributed by atoms with Gasteiger partial charge >= 0.3 is 34.8 Å². The third-order valence-corrected chi connectivity index (χ3v) is 7.96. The first-order valence-corrected chi connectivity index (χ1v) is 13.1. The van der Waals surface area contributed by atoms with Crippen LogP contribution in [-0.2, 0) is 31.6 Å². The van der Waals surface area contributed by atoms with E-state index in [1.807, 2.05) is 10.4 Å². The van der Waals surface area contributed by atoms with Crippen LogP contribution in [0, 0.1) is 11.3 Å². The molecule has 0 saturated carbocycles. The van der Waals surface area contributed by atoms with Crippen LogP contribution in [0.15, 0.2) is 15.9 Å². The van der Waals surface area contributed by atoms with Crippen molar-refractivity contribution < 1.29 is 56.3 Å². The maximum absolute atomic E-state index is 12.1. The lowest BCUT2D eigenvalue weighted by Crippen LogP contribution is -2.55. The highest BCUT2D eigenvalue weighted by atomic mass is 35.5. The van der Waals surface area contributed by atoms with E-state index in [9.17, 15) is 38.2 Å². The van der Waals surface area contributed by atoms with Gasteiger partial charge in [0.2, 0.25) is 0 Å². The Labute approximate surface area is 187 Å². The summed E-state index contributed by atoms with van der Waals surface area (Å²) in [6.45, 7) is 0.997. The van der Waals surface area contributed by atoms with E-state index in [0.29, 0.717) is 10.9 Å². The van der Waals surface area contributed by atoms with Gasteiger partial charge in [0, 0.05) is 5.38 Å². The molecule has 3 unspecified atom stereocenters. The first-order valence-electron chi connectivity index (χ1n) is 8.15. The highest BCUT2D eigenvalue weighted by Gasteiger charge is 2.57. The molecule has 8 N–H and O–H groups in total. The number of H-pyrrole nitrogens is 1. The zero-order chi connectivity index (χ0) is 25.4. The average molecular weight is 557 g/mol. The molecule has 0 aliphatic carbocycles. The Morgan fingerprint density at radius 3 is 2.39 bits per heavy atom. The first-order chi connectivity index (χ1) is 14.9. The van der Waals surface area contributed by atoms with Crippen LogP contribution < -0.4 is 17.1 Å². The zero-order valence-corrected chi connectivity index (χ0v) is 19.4. The smallest absolute Gasteiger partial charge is 0.387 e. The molecule has 0 radical (unpaired) electrons. The van der Waals surface area contributed by atoms with E-state index in [-0.39, 0.29) is 0 Å². The van der Waals surface area contributed by atoms with Gasteiger partial charge in [0.05, 0.1) is 6.10 Å². The second kappa shape index (κ2) is 9.78. The summed E-state index contributed by atoms with van der Waals surface area (Å²) in [4.78, 5) is 64.4. The molecule has 0 spiro atoms. The van der Waals surface area contributed by atoms with Crippen molar-refractivity contribution >= 4 is 35.1 Å². The summed E-state index contributed by atoms with van der Waals surface area (Å²) in [6, 6.07) is 0. The number of hydrogen-bond acceptors (Lipinski definition) is 12. The number of nitrogens with one attached hydrogen (secondary N) is 1. The molecule has 0 bridgehead atoms. The summed E-state index contributed by atoms with van der Waals surface area (Å²) < 4.78 is 52.0. The van der Waals surface area contributed by atoms with Crippen molar-refractivity contribution in [2.75, 3.05) is 0 Å². The van der Waals surface area contributed by atoms with Crippen LogP contribution in [0.25, 0.3) is 0 Å². The summed E-state index contributed by atoms with van der Waals surface area (Å²) in [5.74, 6) is 2.20. The Bertz CT molecular complexity index is 1220. The summed E-state index contributed by atoms with van der Waals surface area (Å²) in [7, 11) is -17.0. The average Bonchev–Trinajstić information content (AvgIpc) is 2.83. The number of nitrogens with two attached hydrogens (primary N) is 1. The van der Waals surface area contributed by atoms with E-state index in [4.69, 9.17) is 31.9 Å². The molecule has 2 heterocycles. The van der Waals surface area contributed by atoms with Crippen molar-refractivity contribution in [2.45, 2.75) is 37.0 Å². The van der Waals surface area contributed by atoms with Crippen molar-refractivity contribution in [3.05, 3.63) is 27.3 Å². The predicted molar refractivity (Wildman–Crippen MR) is 104 cm³/mol.